The van der Waals surface area contributed by atoms with Crippen molar-refractivity contribution in [2.75, 3.05) is 6.61 Å². The van der Waals surface area contributed by atoms with E-state index in [2.05, 4.69) is 4.98 Å². The van der Waals surface area contributed by atoms with Crippen molar-refractivity contribution in [3.05, 3.63) is 58.5 Å². The summed E-state index contributed by atoms with van der Waals surface area (Å²) in [5, 5.41) is -0.859. The van der Waals surface area contributed by atoms with Crippen LogP contribution in [0.4, 0.5) is 17.6 Å². The molecule has 1 unspecified atom stereocenters. The van der Waals surface area contributed by atoms with Crippen LogP contribution < -0.4 is 14.2 Å². The first-order valence-electron chi connectivity index (χ1n) is 9.84. The number of alkyl halides is 3. The van der Waals surface area contributed by atoms with Crippen LogP contribution in [0, 0.1) is 0 Å². The van der Waals surface area contributed by atoms with E-state index in [0.717, 1.165) is 23.3 Å². The molecule has 1 heterocycles. The van der Waals surface area contributed by atoms with Crippen molar-refractivity contribution < 1.29 is 31.8 Å². The Balaban J connectivity index is 2.30. The zero-order valence-electron chi connectivity index (χ0n) is 17.4. The van der Waals surface area contributed by atoms with Crippen molar-refractivity contribution in [3.63, 3.8) is 0 Å². The number of pyridine rings is 1. The first-order valence-corrected chi connectivity index (χ1v) is 10.2. The van der Waals surface area contributed by atoms with Crippen LogP contribution >= 0.6 is 11.6 Å². The van der Waals surface area contributed by atoms with Crippen molar-refractivity contribution in [2.45, 2.75) is 52.5 Å². The summed E-state index contributed by atoms with van der Waals surface area (Å²) in [6.45, 7) is 5.52. The molecule has 0 aliphatic carbocycles. The normalized spacial score (nSPS) is 13.1. The van der Waals surface area contributed by atoms with Crippen molar-refractivity contribution in [1.29, 1.82) is 0 Å². The molecule has 1 aromatic carbocycles. The van der Waals surface area contributed by atoms with Gasteiger partial charge < -0.3 is 14.2 Å². The fourth-order valence-corrected chi connectivity index (χ4v) is 2.89. The second-order valence-electron chi connectivity index (χ2n) is 6.51. The van der Waals surface area contributed by atoms with E-state index in [0.29, 0.717) is 24.3 Å². The van der Waals surface area contributed by atoms with Crippen LogP contribution in [-0.2, 0) is 19.0 Å². The molecule has 0 N–H and O–H groups in total. The Morgan fingerprint density at radius 3 is 2.29 bits per heavy atom. The SMILES string of the molecule is CCc1cc(OC/C=C(/F)Cl)cc(CC)c1OC(CC)Oc1ncccc1C(F)(F)F. The minimum Gasteiger partial charge on any atom is -0.489 e. The highest BCUT2D eigenvalue weighted by atomic mass is 35.5. The fourth-order valence-electron chi connectivity index (χ4n) is 2.83. The standard InChI is InChI=1S/C22H24ClF4NO3/c1-4-14-12-16(29-11-9-18(23)24)13-15(5-2)20(14)30-19(6-3)31-21-17(22(25,26)27)8-7-10-28-21/h7-10,12-13,19H,4-6,11H2,1-3H3/b18-9+. The molecule has 2 aromatic rings. The second kappa shape index (κ2) is 11.2. The minimum atomic E-state index is -4.60. The summed E-state index contributed by atoms with van der Waals surface area (Å²) in [5.74, 6) is 0.494. The van der Waals surface area contributed by atoms with Gasteiger partial charge in [0.05, 0.1) is 0 Å². The third-order valence-electron chi connectivity index (χ3n) is 4.37. The highest BCUT2D eigenvalue weighted by Crippen LogP contribution is 2.36. The Morgan fingerprint density at radius 2 is 1.77 bits per heavy atom. The summed E-state index contributed by atoms with van der Waals surface area (Å²) in [6.07, 6.45) is -1.81. The van der Waals surface area contributed by atoms with Gasteiger partial charge in [-0.25, -0.2) is 4.98 Å². The summed E-state index contributed by atoms with van der Waals surface area (Å²) in [4.78, 5) is 3.73. The van der Waals surface area contributed by atoms with Crippen molar-refractivity contribution in [2.24, 2.45) is 0 Å². The van der Waals surface area contributed by atoms with E-state index >= 15 is 0 Å². The van der Waals surface area contributed by atoms with Crippen LogP contribution in [0.25, 0.3) is 0 Å². The largest absolute Gasteiger partial charge is 0.489 e. The average molecular weight is 462 g/mol. The van der Waals surface area contributed by atoms with Gasteiger partial charge in [-0.1, -0.05) is 32.4 Å². The van der Waals surface area contributed by atoms with E-state index in [-0.39, 0.29) is 13.0 Å². The molecule has 1 atom stereocenters. The predicted molar refractivity (Wildman–Crippen MR) is 110 cm³/mol. The van der Waals surface area contributed by atoms with Crippen LogP contribution in [0.15, 0.2) is 41.8 Å². The zero-order valence-corrected chi connectivity index (χ0v) is 18.2. The lowest BCUT2D eigenvalue weighted by molar-refractivity contribution is -0.141. The lowest BCUT2D eigenvalue weighted by Gasteiger charge is -2.24. The van der Waals surface area contributed by atoms with Gasteiger partial charge in [-0.3, -0.25) is 0 Å². The van der Waals surface area contributed by atoms with Gasteiger partial charge in [0.25, 0.3) is 0 Å². The Kier molecular flexibility index (Phi) is 8.98. The van der Waals surface area contributed by atoms with E-state index < -0.39 is 29.2 Å². The number of aryl methyl sites for hydroxylation is 2. The number of aromatic nitrogens is 1. The summed E-state index contributed by atoms with van der Waals surface area (Å²) < 4.78 is 69.4. The Hall–Kier alpha value is -2.48. The Labute approximate surface area is 183 Å². The Morgan fingerprint density at radius 1 is 1.13 bits per heavy atom. The van der Waals surface area contributed by atoms with E-state index in [4.69, 9.17) is 25.8 Å². The van der Waals surface area contributed by atoms with Crippen LogP contribution in [0.1, 0.15) is 43.9 Å². The van der Waals surface area contributed by atoms with Crippen molar-refractivity contribution >= 4 is 11.6 Å². The summed E-state index contributed by atoms with van der Waals surface area (Å²) in [5.41, 5.74) is 0.597. The third-order valence-corrected chi connectivity index (χ3v) is 4.52. The number of nitrogens with zero attached hydrogens (tertiary/aromatic N) is 1. The zero-order chi connectivity index (χ0) is 23.0. The topological polar surface area (TPSA) is 40.6 Å². The van der Waals surface area contributed by atoms with E-state index in [9.17, 15) is 17.6 Å². The molecular formula is C22H24ClF4NO3. The van der Waals surface area contributed by atoms with Crippen LogP contribution in [0.2, 0.25) is 0 Å². The van der Waals surface area contributed by atoms with Gasteiger partial charge in [-0.05, 0) is 48.2 Å². The number of hydrogen-bond acceptors (Lipinski definition) is 4. The number of benzene rings is 1. The van der Waals surface area contributed by atoms with Crippen LogP contribution in [-0.4, -0.2) is 17.9 Å². The van der Waals surface area contributed by atoms with Gasteiger partial charge >= 0.3 is 6.18 Å². The third kappa shape index (κ3) is 7.02. The number of hydrogen-bond donors (Lipinski definition) is 0. The van der Waals surface area contributed by atoms with Gasteiger partial charge in [0.1, 0.15) is 23.7 Å². The van der Waals surface area contributed by atoms with E-state index in [1.807, 2.05) is 13.8 Å². The van der Waals surface area contributed by atoms with Crippen LogP contribution in [0.3, 0.4) is 0 Å². The lowest BCUT2D eigenvalue weighted by Crippen LogP contribution is -2.26. The number of rotatable bonds is 10. The number of halogens is 5. The molecular weight excluding hydrogens is 438 g/mol. The molecule has 0 radical (unpaired) electrons. The molecule has 1 aromatic heterocycles. The minimum absolute atomic E-state index is 0.0392. The monoisotopic (exact) mass is 461 g/mol. The molecule has 0 fully saturated rings. The van der Waals surface area contributed by atoms with E-state index in [1.165, 1.54) is 12.3 Å². The van der Waals surface area contributed by atoms with Crippen LogP contribution in [0.5, 0.6) is 17.4 Å². The highest BCUT2D eigenvalue weighted by Gasteiger charge is 2.36. The second-order valence-corrected chi connectivity index (χ2v) is 6.87. The predicted octanol–water partition coefficient (Wildman–Crippen LogP) is 6.85. The Bertz CT molecular complexity index is 874. The first kappa shape index (κ1) is 24.8. The maximum Gasteiger partial charge on any atom is 0.421 e. The molecule has 170 valence electrons. The van der Waals surface area contributed by atoms with Gasteiger partial charge in [0.15, 0.2) is 5.29 Å². The van der Waals surface area contributed by atoms with E-state index in [1.54, 1.807) is 19.1 Å². The molecule has 2 rings (SSSR count). The lowest BCUT2D eigenvalue weighted by atomic mass is 10.0. The molecule has 4 nitrogen and oxygen atoms in total. The van der Waals surface area contributed by atoms with Gasteiger partial charge in [0, 0.05) is 18.7 Å². The first-order chi connectivity index (χ1) is 14.7. The van der Waals surface area contributed by atoms with Gasteiger partial charge in [-0.2, -0.15) is 17.6 Å². The number of ether oxygens (including phenoxy) is 3. The molecule has 0 saturated heterocycles. The molecule has 9 heteroatoms. The smallest absolute Gasteiger partial charge is 0.421 e. The highest BCUT2D eigenvalue weighted by molar-refractivity contribution is 6.28. The molecule has 0 aliphatic rings. The van der Waals surface area contributed by atoms with Crippen molar-refractivity contribution in [1.82, 2.24) is 4.98 Å². The maximum absolute atomic E-state index is 13.3. The van der Waals surface area contributed by atoms with Crippen molar-refractivity contribution in [3.8, 4) is 17.4 Å². The molecule has 0 spiro atoms. The van der Waals surface area contributed by atoms with Gasteiger partial charge in [-0.15, -0.1) is 0 Å². The average Bonchev–Trinajstić information content (AvgIpc) is 2.72. The summed E-state index contributed by atoms with van der Waals surface area (Å²) in [6, 6.07) is 5.59. The molecule has 0 saturated carbocycles. The molecule has 0 bridgehead atoms. The quantitative estimate of drug-likeness (QED) is 0.286. The molecule has 31 heavy (non-hydrogen) atoms. The summed E-state index contributed by atoms with van der Waals surface area (Å²) in [7, 11) is 0. The molecule has 0 aliphatic heterocycles. The van der Waals surface area contributed by atoms with Gasteiger partial charge in [0.2, 0.25) is 12.2 Å². The fraction of sp³-hybridized carbons (Fsp3) is 0.409. The molecule has 0 amide bonds. The maximum atomic E-state index is 13.3. The summed E-state index contributed by atoms with van der Waals surface area (Å²) >= 11 is 5.17.